The molecule has 2 aromatic rings. The third-order valence-corrected chi connectivity index (χ3v) is 3.66. The fourth-order valence-corrected chi connectivity index (χ4v) is 2.61. The number of nitro benzene ring substituents is 1. The van der Waals surface area contributed by atoms with E-state index in [2.05, 4.69) is 10.0 Å². The minimum atomic E-state index is -3.45. The quantitative estimate of drug-likeness (QED) is 0.610. The molecule has 0 unspecified atom stereocenters. The van der Waals surface area contributed by atoms with Gasteiger partial charge in [-0.1, -0.05) is 24.3 Å². The number of rotatable bonds is 6. The molecule has 0 saturated heterocycles. The molecule has 0 aliphatic carbocycles. The Labute approximate surface area is 138 Å². The van der Waals surface area contributed by atoms with Gasteiger partial charge >= 0.3 is 0 Å². The molecule has 0 aromatic heterocycles. The van der Waals surface area contributed by atoms with Crippen LogP contribution in [0.1, 0.15) is 15.9 Å². The molecule has 0 aliphatic heterocycles. The second-order valence-electron chi connectivity index (χ2n) is 5.02. The van der Waals surface area contributed by atoms with Crippen LogP contribution in [0.5, 0.6) is 0 Å². The van der Waals surface area contributed by atoms with Gasteiger partial charge in [0.15, 0.2) is 0 Å². The van der Waals surface area contributed by atoms with Crippen LogP contribution in [0.3, 0.4) is 0 Å². The van der Waals surface area contributed by atoms with Gasteiger partial charge in [-0.25, -0.2) is 8.42 Å². The van der Waals surface area contributed by atoms with Crippen molar-refractivity contribution < 1.29 is 18.1 Å². The summed E-state index contributed by atoms with van der Waals surface area (Å²) in [5.41, 5.74) is 0.796. The standard InChI is InChI=1S/C15H15N3O5S/c1-24(22,23)17-13-7-4-6-11(9-13)15(19)16-10-12-5-2-3-8-14(12)18(20)21/h2-9,17H,10H2,1H3,(H,16,19). The van der Waals surface area contributed by atoms with Crippen molar-refractivity contribution in [2.75, 3.05) is 11.0 Å². The number of carbonyl (C=O) groups is 1. The molecule has 0 atom stereocenters. The number of benzene rings is 2. The zero-order chi connectivity index (χ0) is 17.7. The molecule has 2 aromatic carbocycles. The number of hydrogen-bond acceptors (Lipinski definition) is 5. The molecule has 8 nitrogen and oxygen atoms in total. The number of carbonyl (C=O) groups excluding carboxylic acids is 1. The van der Waals surface area contributed by atoms with Gasteiger partial charge in [0.25, 0.3) is 11.6 Å². The Bertz CT molecular complexity index is 880. The predicted octanol–water partition coefficient (Wildman–Crippen LogP) is 1.90. The summed E-state index contributed by atoms with van der Waals surface area (Å²) in [5, 5.41) is 13.5. The highest BCUT2D eigenvalue weighted by molar-refractivity contribution is 7.92. The summed E-state index contributed by atoms with van der Waals surface area (Å²) in [7, 11) is -3.45. The van der Waals surface area contributed by atoms with Gasteiger partial charge in [0.05, 0.1) is 11.2 Å². The minimum absolute atomic E-state index is 0.0142. The van der Waals surface area contributed by atoms with Crippen molar-refractivity contribution in [2.24, 2.45) is 0 Å². The average molecular weight is 349 g/mol. The first-order valence-electron chi connectivity index (χ1n) is 6.84. The van der Waals surface area contributed by atoms with Crippen molar-refractivity contribution in [3.63, 3.8) is 0 Å². The van der Waals surface area contributed by atoms with Crippen LogP contribution in [0.4, 0.5) is 11.4 Å². The second-order valence-corrected chi connectivity index (χ2v) is 6.77. The van der Waals surface area contributed by atoms with E-state index in [0.717, 1.165) is 6.26 Å². The van der Waals surface area contributed by atoms with Crippen LogP contribution in [-0.2, 0) is 16.6 Å². The third kappa shape index (κ3) is 4.78. The highest BCUT2D eigenvalue weighted by atomic mass is 32.2. The Balaban J connectivity index is 2.11. The van der Waals surface area contributed by atoms with Gasteiger partial charge in [-0.15, -0.1) is 0 Å². The summed E-state index contributed by atoms with van der Waals surface area (Å²) in [6, 6.07) is 12.1. The van der Waals surface area contributed by atoms with Gasteiger partial charge < -0.3 is 5.32 Å². The SMILES string of the molecule is CS(=O)(=O)Nc1cccc(C(=O)NCc2ccccc2[N+](=O)[O-])c1. The van der Waals surface area contributed by atoms with Crippen molar-refractivity contribution in [3.8, 4) is 0 Å². The molecular formula is C15H15N3O5S. The molecule has 0 spiro atoms. The Morgan fingerprint density at radius 1 is 1.17 bits per heavy atom. The lowest BCUT2D eigenvalue weighted by Gasteiger charge is -2.08. The molecule has 0 heterocycles. The zero-order valence-electron chi connectivity index (χ0n) is 12.7. The van der Waals surface area contributed by atoms with Crippen LogP contribution in [-0.4, -0.2) is 25.5 Å². The number of sulfonamides is 1. The van der Waals surface area contributed by atoms with Crippen LogP contribution in [0.2, 0.25) is 0 Å². The molecule has 0 aliphatic rings. The molecule has 0 bridgehead atoms. The number of amides is 1. The fraction of sp³-hybridized carbons (Fsp3) is 0.133. The molecule has 0 radical (unpaired) electrons. The summed E-state index contributed by atoms with van der Waals surface area (Å²) in [6.07, 6.45) is 1.01. The van der Waals surface area contributed by atoms with E-state index in [0.29, 0.717) is 5.56 Å². The van der Waals surface area contributed by atoms with Crippen LogP contribution >= 0.6 is 0 Å². The smallest absolute Gasteiger partial charge is 0.274 e. The Hall–Kier alpha value is -2.94. The molecule has 2 N–H and O–H groups in total. The highest BCUT2D eigenvalue weighted by Gasteiger charge is 2.14. The molecule has 1 amide bonds. The average Bonchev–Trinajstić information content (AvgIpc) is 2.51. The maximum Gasteiger partial charge on any atom is 0.274 e. The van der Waals surface area contributed by atoms with E-state index in [4.69, 9.17) is 0 Å². The van der Waals surface area contributed by atoms with Crippen molar-refractivity contribution >= 4 is 27.3 Å². The molecule has 0 fully saturated rings. The largest absolute Gasteiger partial charge is 0.348 e. The molecule has 9 heteroatoms. The van der Waals surface area contributed by atoms with Crippen molar-refractivity contribution in [1.29, 1.82) is 0 Å². The first-order chi connectivity index (χ1) is 11.3. The van der Waals surface area contributed by atoms with E-state index in [-0.39, 0.29) is 23.5 Å². The first kappa shape index (κ1) is 17.4. The van der Waals surface area contributed by atoms with Crippen LogP contribution < -0.4 is 10.0 Å². The molecule has 126 valence electrons. The Kier molecular flexibility index (Phi) is 5.14. The number of nitro groups is 1. The van der Waals surface area contributed by atoms with Crippen LogP contribution in [0, 0.1) is 10.1 Å². The van der Waals surface area contributed by atoms with E-state index < -0.39 is 20.9 Å². The number of anilines is 1. The predicted molar refractivity (Wildman–Crippen MR) is 89.2 cm³/mol. The first-order valence-corrected chi connectivity index (χ1v) is 8.74. The summed E-state index contributed by atoms with van der Waals surface area (Å²) in [4.78, 5) is 22.6. The molecule has 24 heavy (non-hydrogen) atoms. The van der Waals surface area contributed by atoms with Gasteiger partial charge in [0.1, 0.15) is 0 Å². The number of hydrogen-bond donors (Lipinski definition) is 2. The van der Waals surface area contributed by atoms with Crippen LogP contribution in [0.15, 0.2) is 48.5 Å². The van der Waals surface area contributed by atoms with Crippen molar-refractivity contribution in [3.05, 3.63) is 69.8 Å². The molecule has 0 saturated carbocycles. The highest BCUT2D eigenvalue weighted by Crippen LogP contribution is 2.17. The Morgan fingerprint density at radius 2 is 1.88 bits per heavy atom. The number of nitrogens with one attached hydrogen (secondary N) is 2. The summed E-state index contributed by atoms with van der Waals surface area (Å²) < 4.78 is 24.7. The van der Waals surface area contributed by atoms with E-state index in [1.807, 2.05) is 0 Å². The maximum atomic E-state index is 12.2. The maximum absolute atomic E-state index is 12.2. The lowest BCUT2D eigenvalue weighted by Crippen LogP contribution is -2.23. The number of para-hydroxylation sites is 1. The van der Waals surface area contributed by atoms with E-state index in [9.17, 15) is 23.3 Å². The molecular weight excluding hydrogens is 334 g/mol. The fourth-order valence-electron chi connectivity index (χ4n) is 2.05. The second kappa shape index (κ2) is 7.09. The van der Waals surface area contributed by atoms with Crippen molar-refractivity contribution in [2.45, 2.75) is 6.54 Å². The van der Waals surface area contributed by atoms with Gasteiger partial charge in [0.2, 0.25) is 10.0 Å². The van der Waals surface area contributed by atoms with Gasteiger partial charge in [0, 0.05) is 29.4 Å². The molecule has 2 rings (SSSR count). The normalized spacial score (nSPS) is 10.9. The lowest BCUT2D eigenvalue weighted by atomic mass is 10.1. The zero-order valence-corrected chi connectivity index (χ0v) is 13.5. The number of nitrogens with zero attached hydrogens (tertiary/aromatic N) is 1. The van der Waals surface area contributed by atoms with Gasteiger partial charge in [-0.3, -0.25) is 19.6 Å². The van der Waals surface area contributed by atoms with Gasteiger partial charge in [-0.05, 0) is 18.2 Å². The Morgan fingerprint density at radius 3 is 2.54 bits per heavy atom. The summed E-state index contributed by atoms with van der Waals surface area (Å²) in [5.74, 6) is -0.467. The monoisotopic (exact) mass is 349 g/mol. The van der Waals surface area contributed by atoms with Crippen LogP contribution in [0.25, 0.3) is 0 Å². The van der Waals surface area contributed by atoms with Crippen molar-refractivity contribution in [1.82, 2.24) is 5.32 Å². The van der Waals surface area contributed by atoms with E-state index in [1.165, 1.54) is 30.3 Å². The third-order valence-electron chi connectivity index (χ3n) is 3.06. The van der Waals surface area contributed by atoms with E-state index in [1.54, 1.807) is 18.2 Å². The van der Waals surface area contributed by atoms with Gasteiger partial charge in [-0.2, -0.15) is 0 Å². The topological polar surface area (TPSA) is 118 Å². The summed E-state index contributed by atoms with van der Waals surface area (Å²) in [6.45, 7) is -0.0142. The summed E-state index contributed by atoms with van der Waals surface area (Å²) >= 11 is 0. The van der Waals surface area contributed by atoms with E-state index >= 15 is 0 Å². The minimum Gasteiger partial charge on any atom is -0.348 e. The lowest BCUT2D eigenvalue weighted by molar-refractivity contribution is -0.385.